The van der Waals surface area contributed by atoms with Crippen molar-refractivity contribution in [3.8, 4) is 5.75 Å². The molecular weight excluding hydrogens is 422 g/mol. The molecule has 1 amide bonds. The van der Waals surface area contributed by atoms with Crippen LogP contribution in [0.15, 0.2) is 23.1 Å². The molecule has 0 saturated carbocycles. The Balaban J connectivity index is 1.68. The molecule has 1 aromatic rings. The number of nitrogens with zero attached hydrogens (tertiary/aromatic N) is 2. The average Bonchev–Trinajstić information content (AvgIpc) is 3.20. The number of hydrogen-bond donors (Lipinski definition) is 1. The number of benzene rings is 1. The van der Waals surface area contributed by atoms with Crippen LogP contribution >= 0.6 is 0 Å². The summed E-state index contributed by atoms with van der Waals surface area (Å²) in [5, 5.41) is 2.83. The van der Waals surface area contributed by atoms with Gasteiger partial charge >= 0.3 is 0 Å². The number of ether oxygens (including phenoxy) is 3. The SMILES string of the molecule is CCOc1ccc(NC(=O)CN2CCC3(CC2)OCCO3)cc1S(=O)(=O)N(CC)CC. The predicted octanol–water partition coefficient (Wildman–Crippen LogP) is 1.89. The molecule has 2 aliphatic heterocycles. The monoisotopic (exact) mass is 455 g/mol. The van der Waals surface area contributed by atoms with E-state index >= 15 is 0 Å². The van der Waals surface area contributed by atoms with Gasteiger partial charge in [0, 0.05) is 44.7 Å². The van der Waals surface area contributed by atoms with Crippen molar-refractivity contribution in [2.45, 2.75) is 44.3 Å². The van der Waals surface area contributed by atoms with Crippen LogP contribution < -0.4 is 10.1 Å². The third-order valence-corrected chi connectivity index (χ3v) is 7.72. The highest BCUT2D eigenvalue weighted by Crippen LogP contribution is 2.32. The molecule has 0 unspecified atom stereocenters. The smallest absolute Gasteiger partial charge is 0.246 e. The van der Waals surface area contributed by atoms with Crippen LogP contribution in [-0.4, -0.2) is 81.9 Å². The highest BCUT2D eigenvalue weighted by atomic mass is 32.2. The summed E-state index contributed by atoms with van der Waals surface area (Å²) >= 11 is 0. The zero-order valence-corrected chi connectivity index (χ0v) is 19.4. The van der Waals surface area contributed by atoms with E-state index in [2.05, 4.69) is 5.32 Å². The first-order valence-electron chi connectivity index (χ1n) is 10.9. The van der Waals surface area contributed by atoms with Crippen LogP contribution in [0.2, 0.25) is 0 Å². The van der Waals surface area contributed by atoms with Gasteiger partial charge in [0.05, 0.1) is 26.4 Å². The van der Waals surface area contributed by atoms with Crippen molar-refractivity contribution in [2.75, 3.05) is 57.9 Å². The van der Waals surface area contributed by atoms with Crippen molar-refractivity contribution >= 4 is 21.6 Å². The van der Waals surface area contributed by atoms with E-state index in [0.717, 1.165) is 12.8 Å². The van der Waals surface area contributed by atoms with Crippen LogP contribution in [0.3, 0.4) is 0 Å². The molecule has 1 spiro atoms. The second kappa shape index (κ2) is 10.3. The van der Waals surface area contributed by atoms with Crippen molar-refractivity contribution < 1.29 is 27.4 Å². The van der Waals surface area contributed by atoms with Gasteiger partial charge in [0.1, 0.15) is 10.6 Å². The Morgan fingerprint density at radius 1 is 1.16 bits per heavy atom. The fourth-order valence-corrected chi connectivity index (χ4v) is 5.62. The van der Waals surface area contributed by atoms with Gasteiger partial charge in [-0.25, -0.2) is 8.42 Å². The van der Waals surface area contributed by atoms with Gasteiger partial charge in [-0.15, -0.1) is 0 Å². The van der Waals surface area contributed by atoms with Crippen molar-refractivity contribution in [3.63, 3.8) is 0 Å². The minimum absolute atomic E-state index is 0.0614. The normalized spacial score (nSPS) is 19.1. The molecule has 0 radical (unpaired) electrons. The minimum atomic E-state index is -3.73. The first kappa shape index (κ1) is 23.9. The summed E-state index contributed by atoms with van der Waals surface area (Å²) in [7, 11) is -3.73. The van der Waals surface area contributed by atoms with Gasteiger partial charge in [-0.2, -0.15) is 4.31 Å². The van der Waals surface area contributed by atoms with E-state index in [1.54, 1.807) is 32.9 Å². The molecule has 0 bridgehead atoms. The highest BCUT2D eigenvalue weighted by Gasteiger charge is 2.40. The van der Waals surface area contributed by atoms with E-state index in [0.29, 0.717) is 51.7 Å². The highest BCUT2D eigenvalue weighted by molar-refractivity contribution is 7.89. The summed E-state index contributed by atoms with van der Waals surface area (Å²) in [6.45, 7) is 9.31. The number of likely N-dealkylation sites (tertiary alicyclic amines) is 1. The van der Waals surface area contributed by atoms with Gasteiger partial charge in [0.15, 0.2) is 5.79 Å². The second-order valence-corrected chi connectivity index (χ2v) is 9.52. The number of carbonyl (C=O) groups is 1. The summed E-state index contributed by atoms with van der Waals surface area (Å²) in [5.74, 6) is -0.389. The maximum absolute atomic E-state index is 13.1. The Labute approximate surface area is 184 Å². The van der Waals surface area contributed by atoms with Crippen LogP contribution in [-0.2, 0) is 24.3 Å². The van der Waals surface area contributed by atoms with Crippen LogP contribution in [0.5, 0.6) is 5.75 Å². The first-order valence-corrected chi connectivity index (χ1v) is 12.3. The van der Waals surface area contributed by atoms with Gasteiger partial charge in [0.25, 0.3) is 0 Å². The lowest BCUT2D eigenvalue weighted by molar-refractivity contribution is -0.185. The summed E-state index contributed by atoms with van der Waals surface area (Å²) < 4.78 is 44.5. The number of rotatable bonds is 9. The van der Waals surface area contributed by atoms with E-state index in [-0.39, 0.29) is 23.1 Å². The number of nitrogens with one attached hydrogen (secondary N) is 1. The largest absolute Gasteiger partial charge is 0.492 e. The lowest BCUT2D eigenvalue weighted by Gasteiger charge is -2.37. The Morgan fingerprint density at radius 3 is 2.39 bits per heavy atom. The van der Waals surface area contributed by atoms with E-state index in [9.17, 15) is 13.2 Å². The van der Waals surface area contributed by atoms with Crippen LogP contribution in [0, 0.1) is 0 Å². The molecule has 2 heterocycles. The van der Waals surface area contributed by atoms with Crippen molar-refractivity contribution in [2.24, 2.45) is 0 Å². The fraction of sp³-hybridized carbons (Fsp3) is 0.667. The molecule has 31 heavy (non-hydrogen) atoms. The van der Waals surface area contributed by atoms with Crippen molar-refractivity contribution in [3.05, 3.63) is 18.2 Å². The molecule has 2 saturated heterocycles. The molecule has 0 aromatic heterocycles. The molecule has 2 fully saturated rings. The van der Waals surface area contributed by atoms with Crippen molar-refractivity contribution in [1.29, 1.82) is 0 Å². The number of piperidine rings is 1. The lowest BCUT2D eigenvalue weighted by Crippen LogP contribution is -2.47. The third-order valence-electron chi connectivity index (χ3n) is 5.65. The Kier molecular flexibility index (Phi) is 7.92. The standard InChI is InChI=1S/C21H33N3O6S/c1-4-24(5-2)31(26,27)19-15-17(7-8-18(19)28-6-3)22-20(25)16-23-11-9-21(10-12-23)29-13-14-30-21/h7-8,15H,4-6,9-14,16H2,1-3H3,(H,22,25). The molecular formula is C21H33N3O6S. The maximum atomic E-state index is 13.1. The van der Waals surface area contributed by atoms with Crippen LogP contribution in [0.1, 0.15) is 33.6 Å². The Morgan fingerprint density at radius 2 is 1.81 bits per heavy atom. The molecule has 1 aromatic carbocycles. The van der Waals surface area contributed by atoms with Crippen LogP contribution in [0.4, 0.5) is 5.69 Å². The van der Waals surface area contributed by atoms with Gasteiger partial charge < -0.3 is 19.5 Å². The molecule has 1 N–H and O–H groups in total. The zero-order chi connectivity index (χ0) is 22.5. The number of sulfonamides is 1. The Hall–Kier alpha value is -1.72. The van der Waals surface area contributed by atoms with E-state index in [1.165, 1.54) is 10.4 Å². The maximum Gasteiger partial charge on any atom is 0.246 e. The quantitative estimate of drug-likeness (QED) is 0.607. The third kappa shape index (κ3) is 5.56. The zero-order valence-electron chi connectivity index (χ0n) is 18.6. The Bertz CT molecular complexity index is 856. The number of carbonyl (C=O) groups excluding carboxylic acids is 1. The molecule has 0 aliphatic carbocycles. The number of hydrogen-bond acceptors (Lipinski definition) is 7. The molecule has 0 atom stereocenters. The summed E-state index contributed by atoms with van der Waals surface area (Å²) in [4.78, 5) is 14.7. The summed E-state index contributed by atoms with van der Waals surface area (Å²) in [5.41, 5.74) is 0.426. The van der Waals surface area contributed by atoms with Gasteiger partial charge in [-0.1, -0.05) is 13.8 Å². The summed E-state index contributed by atoms with van der Waals surface area (Å²) in [6.07, 6.45) is 1.46. The topological polar surface area (TPSA) is 97.4 Å². The second-order valence-electron chi connectivity index (χ2n) is 7.62. The molecule has 9 nitrogen and oxygen atoms in total. The lowest BCUT2D eigenvalue weighted by atomic mass is 10.0. The van der Waals surface area contributed by atoms with Gasteiger partial charge in [-0.3, -0.25) is 9.69 Å². The summed E-state index contributed by atoms with van der Waals surface area (Å²) in [6, 6.07) is 4.73. The van der Waals surface area contributed by atoms with E-state index < -0.39 is 15.8 Å². The molecule has 10 heteroatoms. The predicted molar refractivity (Wildman–Crippen MR) is 117 cm³/mol. The number of anilines is 1. The van der Waals surface area contributed by atoms with Crippen molar-refractivity contribution in [1.82, 2.24) is 9.21 Å². The minimum Gasteiger partial charge on any atom is -0.492 e. The first-order chi connectivity index (χ1) is 14.8. The van der Waals surface area contributed by atoms with E-state index in [1.807, 2.05) is 4.90 Å². The van der Waals surface area contributed by atoms with Crippen LogP contribution in [0.25, 0.3) is 0 Å². The van der Waals surface area contributed by atoms with Gasteiger partial charge in [0.2, 0.25) is 15.9 Å². The molecule has 174 valence electrons. The average molecular weight is 456 g/mol. The van der Waals surface area contributed by atoms with E-state index in [4.69, 9.17) is 14.2 Å². The number of amides is 1. The molecule has 2 aliphatic rings. The molecule has 3 rings (SSSR count). The fourth-order valence-electron chi connectivity index (χ4n) is 4.01. The van der Waals surface area contributed by atoms with Gasteiger partial charge in [-0.05, 0) is 25.1 Å².